The van der Waals surface area contributed by atoms with E-state index in [1.807, 2.05) is 20.8 Å². The van der Waals surface area contributed by atoms with E-state index in [-0.39, 0.29) is 29.0 Å². The number of nitrogen functional groups attached to an aromatic ring is 1. The molecule has 0 fully saturated rings. The van der Waals surface area contributed by atoms with Gasteiger partial charge in [-0.05, 0) is 31.0 Å². The summed E-state index contributed by atoms with van der Waals surface area (Å²) in [5.74, 6) is 0.202. The summed E-state index contributed by atoms with van der Waals surface area (Å²) in [4.78, 5) is 20.1. The van der Waals surface area contributed by atoms with E-state index in [2.05, 4.69) is 20.6 Å². The van der Waals surface area contributed by atoms with Crippen molar-refractivity contribution in [1.29, 1.82) is 0 Å². The standard InChI is InChI=1S/C17H24N6O4S/c1-9(2)10(3)21-16-12(15(19)24)8-20-17(23-16)22-11-5-6-14(13(18)7-11)27-28(4,25)26/h5-10H,18H2,1-4H3,(H2,19,24)(H2,20,21,22,23)/t10-/m1/s1. The van der Waals surface area contributed by atoms with E-state index in [0.29, 0.717) is 17.4 Å². The summed E-state index contributed by atoms with van der Waals surface area (Å²) in [6.07, 6.45) is 2.26. The first kappa shape index (κ1) is 21.2. The van der Waals surface area contributed by atoms with Gasteiger partial charge in [0.1, 0.15) is 5.82 Å². The van der Waals surface area contributed by atoms with Gasteiger partial charge in [-0.3, -0.25) is 4.79 Å². The number of amides is 1. The summed E-state index contributed by atoms with van der Waals surface area (Å²) in [6, 6.07) is 4.50. The van der Waals surface area contributed by atoms with E-state index in [1.54, 1.807) is 6.07 Å². The van der Waals surface area contributed by atoms with Crippen molar-refractivity contribution in [3.05, 3.63) is 30.0 Å². The summed E-state index contributed by atoms with van der Waals surface area (Å²) in [5.41, 5.74) is 12.0. The van der Waals surface area contributed by atoms with Crippen molar-refractivity contribution in [3.8, 4) is 5.75 Å². The Morgan fingerprint density at radius 3 is 2.46 bits per heavy atom. The van der Waals surface area contributed by atoms with Gasteiger partial charge in [-0.1, -0.05) is 13.8 Å². The van der Waals surface area contributed by atoms with Gasteiger partial charge in [0.25, 0.3) is 5.91 Å². The topological polar surface area (TPSA) is 162 Å². The van der Waals surface area contributed by atoms with Gasteiger partial charge in [-0.2, -0.15) is 13.4 Å². The van der Waals surface area contributed by atoms with Crippen LogP contribution in [0.1, 0.15) is 31.1 Å². The molecule has 1 atom stereocenters. The predicted molar refractivity (Wildman–Crippen MR) is 108 cm³/mol. The van der Waals surface area contributed by atoms with Gasteiger partial charge in [0, 0.05) is 17.9 Å². The quantitative estimate of drug-likeness (QED) is 0.376. The van der Waals surface area contributed by atoms with Crippen molar-refractivity contribution in [2.24, 2.45) is 11.7 Å². The molecule has 2 rings (SSSR count). The lowest BCUT2D eigenvalue weighted by atomic mass is 10.1. The van der Waals surface area contributed by atoms with Crippen LogP contribution < -0.4 is 26.3 Å². The molecule has 0 aliphatic carbocycles. The lowest BCUT2D eigenvalue weighted by Gasteiger charge is -2.20. The Morgan fingerprint density at radius 1 is 1.25 bits per heavy atom. The molecule has 0 saturated carbocycles. The van der Waals surface area contributed by atoms with Crippen LogP contribution in [-0.4, -0.2) is 36.6 Å². The van der Waals surface area contributed by atoms with Gasteiger partial charge in [-0.25, -0.2) is 4.98 Å². The molecular weight excluding hydrogens is 384 g/mol. The number of anilines is 4. The SMILES string of the molecule is CC(C)[C@@H](C)Nc1nc(Nc2ccc(OS(C)(=O)=O)c(N)c2)ncc1C(N)=O. The van der Waals surface area contributed by atoms with E-state index in [9.17, 15) is 13.2 Å². The number of benzene rings is 1. The number of hydrogen-bond acceptors (Lipinski definition) is 9. The molecule has 0 unspecified atom stereocenters. The number of primary amides is 1. The van der Waals surface area contributed by atoms with Crippen molar-refractivity contribution in [3.63, 3.8) is 0 Å². The van der Waals surface area contributed by atoms with Gasteiger partial charge in [0.05, 0.1) is 17.5 Å². The van der Waals surface area contributed by atoms with Crippen LogP contribution >= 0.6 is 0 Å². The third kappa shape index (κ3) is 5.71. The summed E-state index contributed by atoms with van der Waals surface area (Å²) in [6.45, 7) is 6.03. The number of hydrogen-bond donors (Lipinski definition) is 4. The van der Waals surface area contributed by atoms with Crippen LogP contribution in [0.5, 0.6) is 5.75 Å². The van der Waals surface area contributed by atoms with Crippen molar-refractivity contribution >= 4 is 39.2 Å². The van der Waals surface area contributed by atoms with Crippen molar-refractivity contribution in [1.82, 2.24) is 9.97 Å². The molecule has 1 aromatic heterocycles. The molecule has 1 amide bonds. The molecule has 0 aliphatic heterocycles. The molecule has 6 N–H and O–H groups in total. The van der Waals surface area contributed by atoms with E-state index < -0.39 is 16.0 Å². The molecule has 0 radical (unpaired) electrons. The first-order chi connectivity index (χ1) is 13.0. The second-order valence-electron chi connectivity index (χ2n) is 6.66. The molecule has 10 nitrogen and oxygen atoms in total. The zero-order valence-corrected chi connectivity index (χ0v) is 16.9. The maximum absolute atomic E-state index is 11.6. The van der Waals surface area contributed by atoms with Crippen molar-refractivity contribution in [2.45, 2.75) is 26.8 Å². The first-order valence-electron chi connectivity index (χ1n) is 8.45. The Morgan fingerprint density at radius 2 is 1.93 bits per heavy atom. The number of nitrogens with one attached hydrogen (secondary N) is 2. The molecule has 0 spiro atoms. The number of rotatable bonds is 8. The molecule has 28 heavy (non-hydrogen) atoms. The summed E-state index contributed by atoms with van der Waals surface area (Å²) in [7, 11) is -3.69. The van der Waals surface area contributed by atoms with Crippen LogP contribution in [0, 0.1) is 5.92 Å². The average molecular weight is 408 g/mol. The second-order valence-corrected chi connectivity index (χ2v) is 8.24. The summed E-state index contributed by atoms with van der Waals surface area (Å²) < 4.78 is 27.3. The zero-order valence-electron chi connectivity index (χ0n) is 16.1. The number of aromatic nitrogens is 2. The highest BCUT2D eigenvalue weighted by molar-refractivity contribution is 7.86. The van der Waals surface area contributed by atoms with Crippen molar-refractivity contribution in [2.75, 3.05) is 22.6 Å². The summed E-state index contributed by atoms with van der Waals surface area (Å²) >= 11 is 0. The highest BCUT2D eigenvalue weighted by Crippen LogP contribution is 2.28. The van der Waals surface area contributed by atoms with E-state index in [4.69, 9.17) is 15.7 Å². The lowest BCUT2D eigenvalue weighted by Crippen LogP contribution is -2.25. The molecule has 0 bridgehead atoms. The second kappa shape index (κ2) is 8.30. The van der Waals surface area contributed by atoms with Crippen LogP contribution in [0.2, 0.25) is 0 Å². The van der Waals surface area contributed by atoms with E-state index in [0.717, 1.165) is 6.26 Å². The fraction of sp³-hybridized carbons (Fsp3) is 0.353. The van der Waals surface area contributed by atoms with Crippen molar-refractivity contribution < 1.29 is 17.4 Å². The Hall–Kier alpha value is -3.08. The minimum Gasteiger partial charge on any atom is -0.396 e. The molecule has 0 saturated heterocycles. The molecular formula is C17H24N6O4S. The Labute approximate surface area is 163 Å². The molecule has 0 aliphatic rings. The highest BCUT2D eigenvalue weighted by atomic mass is 32.2. The molecule has 1 aromatic carbocycles. The van der Waals surface area contributed by atoms with Crippen LogP contribution in [0.3, 0.4) is 0 Å². The van der Waals surface area contributed by atoms with E-state index >= 15 is 0 Å². The van der Waals surface area contributed by atoms with Crippen LogP contribution in [0.25, 0.3) is 0 Å². The smallest absolute Gasteiger partial charge is 0.306 e. The number of carbonyl (C=O) groups is 1. The van der Waals surface area contributed by atoms with Gasteiger partial charge >= 0.3 is 10.1 Å². The third-order valence-electron chi connectivity index (χ3n) is 3.93. The van der Waals surface area contributed by atoms with Crippen LogP contribution in [-0.2, 0) is 10.1 Å². The zero-order chi connectivity index (χ0) is 21.1. The molecule has 152 valence electrons. The molecule has 1 heterocycles. The fourth-order valence-corrected chi connectivity index (χ4v) is 2.59. The largest absolute Gasteiger partial charge is 0.396 e. The number of nitrogens with zero attached hydrogens (tertiary/aromatic N) is 2. The predicted octanol–water partition coefficient (Wildman–Crippen LogP) is 1.70. The number of carbonyl (C=O) groups excluding carboxylic acids is 1. The first-order valence-corrected chi connectivity index (χ1v) is 10.3. The van der Waals surface area contributed by atoms with E-state index in [1.165, 1.54) is 18.3 Å². The normalized spacial score (nSPS) is 12.5. The monoisotopic (exact) mass is 408 g/mol. The average Bonchev–Trinajstić information content (AvgIpc) is 2.56. The lowest BCUT2D eigenvalue weighted by molar-refractivity contribution is 0.100. The minimum atomic E-state index is -3.69. The Balaban J connectivity index is 2.28. The van der Waals surface area contributed by atoms with Gasteiger partial charge < -0.3 is 26.3 Å². The maximum Gasteiger partial charge on any atom is 0.306 e. The van der Waals surface area contributed by atoms with Crippen LogP contribution in [0.15, 0.2) is 24.4 Å². The minimum absolute atomic E-state index is 0.0196. The third-order valence-corrected chi connectivity index (χ3v) is 4.41. The van der Waals surface area contributed by atoms with Gasteiger partial charge in [-0.15, -0.1) is 0 Å². The summed E-state index contributed by atoms with van der Waals surface area (Å²) in [5, 5.41) is 6.10. The Kier molecular flexibility index (Phi) is 6.29. The van der Waals surface area contributed by atoms with Crippen LogP contribution in [0.4, 0.5) is 23.1 Å². The number of nitrogens with two attached hydrogens (primary N) is 2. The highest BCUT2D eigenvalue weighted by Gasteiger charge is 2.16. The fourth-order valence-electron chi connectivity index (χ4n) is 2.11. The molecule has 2 aromatic rings. The Bertz CT molecular complexity index is 978. The van der Waals surface area contributed by atoms with Gasteiger partial charge in [0.15, 0.2) is 5.75 Å². The maximum atomic E-state index is 11.6. The molecule has 11 heteroatoms. The van der Waals surface area contributed by atoms with Gasteiger partial charge in [0.2, 0.25) is 5.95 Å².